The van der Waals surface area contributed by atoms with Gasteiger partial charge in [0.1, 0.15) is 17.4 Å². The first kappa shape index (κ1) is 15.5. The Bertz CT molecular complexity index is 967. The molecule has 3 aromatic rings. The van der Waals surface area contributed by atoms with Gasteiger partial charge < -0.3 is 5.11 Å². The molecule has 0 saturated heterocycles. The van der Waals surface area contributed by atoms with Gasteiger partial charge in [-0.15, -0.1) is 0 Å². The lowest BCUT2D eigenvalue weighted by atomic mass is 10.1. The highest BCUT2D eigenvalue weighted by molar-refractivity contribution is 6.30. The van der Waals surface area contributed by atoms with Crippen LogP contribution in [-0.2, 0) is 0 Å². The Kier molecular flexibility index (Phi) is 3.82. The van der Waals surface area contributed by atoms with E-state index < -0.39 is 5.82 Å². The molecule has 1 aromatic heterocycles. The van der Waals surface area contributed by atoms with Gasteiger partial charge in [-0.1, -0.05) is 25.4 Å². The van der Waals surface area contributed by atoms with E-state index in [1.54, 1.807) is 0 Å². The molecule has 0 spiro atoms. The lowest BCUT2D eigenvalue weighted by Crippen LogP contribution is -2.25. The molecule has 0 saturated carbocycles. The Morgan fingerprint density at radius 1 is 1.22 bits per heavy atom. The van der Waals surface area contributed by atoms with Gasteiger partial charge in [-0.2, -0.15) is 0 Å². The molecule has 0 fully saturated rings. The van der Waals surface area contributed by atoms with E-state index in [-0.39, 0.29) is 27.9 Å². The van der Waals surface area contributed by atoms with E-state index >= 15 is 0 Å². The molecular weight excluding hydrogens is 319 g/mol. The fourth-order valence-corrected chi connectivity index (χ4v) is 2.63. The van der Waals surface area contributed by atoms with Crippen LogP contribution in [0.1, 0.15) is 25.6 Å². The highest BCUT2D eigenvalue weighted by Crippen LogP contribution is 2.24. The zero-order chi connectivity index (χ0) is 16.7. The molecule has 1 N–H and O–H groups in total. The van der Waals surface area contributed by atoms with E-state index in [1.807, 2.05) is 13.8 Å². The molecule has 23 heavy (non-hydrogen) atoms. The normalized spacial score (nSPS) is 11.3. The molecule has 6 heteroatoms. The maximum Gasteiger partial charge on any atom is 0.266 e. The largest absolute Gasteiger partial charge is 0.508 e. The predicted octanol–water partition coefficient (Wildman–Crippen LogP) is 4.01. The first-order valence-electron chi connectivity index (χ1n) is 7.09. The van der Waals surface area contributed by atoms with Crippen LogP contribution in [0.2, 0.25) is 5.02 Å². The van der Waals surface area contributed by atoms with Crippen molar-refractivity contribution in [3.63, 3.8) is 0 Å². The van der Waals surface area contributed by atoms with Gasteiger partial charge in [-0.05, 0) is 30.3 Å². The van der Waals surface area contributed by atoms with Crippen LogP contribution in [0, 0.1) is 5.82 Å². The lowest BCUT2D eigenvalue weighted by Gasteiger charge is -2.16. The van der Waals surface area contributed by atoms with Crippen molar-refractivity contribution in [1.82, 2.24) is 9.55 Å². The fraction of sp³-hybridized carbons (Fsp3) is 0.176. The molecule has 0 unspecified atom stereocenters. The predicted molar refractivity (Wildman–Crippen MR) is 88.1 cm³/mol. The van der Waals surface area contributed by atoms with Crippen molar-refractivity contribution in [1.29, 1.82) is 0 Å². The fourth-order valence-electron chi connectivity index (χ4n) is 2.47. The second kappa shape index (κ2) is 5.66. The Morgan fingerprint density at radius 2 is 1.96 bits per heavy atom. The third-order valence-electron chi connectivity index (χ3n) is 3.55. The van der Waals surface area contributed by atoms with E-state index in [2.05, 4.69) is 4.98 Å². The first-order chi connectivity index (χ1) is 10.9. The molecule has 0 aliphatic carbocycles. The summed E-state index contributed by atoms with van der Waals surface area (Å²) in [6.45, 7) is 3.72. The smallest absolute Gasteiger partial charge is 0.266 e. The number of phenols is 1. The van der Waals surface area contributed by atoms with Crippen molar-refractivity contribution in [3.8, 4) is 11.4 Å². The summed E-state index contributed by atoms with van der Waals surface area (Å²) in [6, 6.07) is 8.45. The Labute approximate surface area is 136 Å². The number of halogens is 2. The highest BCUT2D eigenvalue weighted by atomic mass is 35.5. The molecule has 2 aromatic carbocycles. The number of hydrogen-bond acceptors (Lipinski definition) is 3. The SMILES string of the molecule is CC(C)c1nc2cc(O)ccc2c(=O)n1-c1ccc(Cl)cc1F. The molecule has 0 bridgehead atoms. The summed E-state index contributed by atoms with van der Waals surface area (Å²) in [7, 11) is 0. The van der Waals surface area contributed by atoms with Crippen LogP contribution in [0.5, 0.6) is 5.75 Å². The number of phenolic OH excluding ortho intramolecular Hbond substituents is 1. The Morgan fingerprint density at radius 3 is 2.61 bits per heavy atom. The highest BCUT2D eigenvalue weighted by Gasteiger charge is 2.18. The quantitative estimate of drug-likeness (QED) is 0.771. The minimum Gasteiger partial charge on any atom is -0.508 e. The van der Waals surface area contributed by atoms with Crippen LogP contribution < -0.4 is 5.56 Å². The lowest BCUT2D eigenvalue weighted by molar-refractivity contribution is 0.476. The first-order valence-corrected chi connectivity index (χ1v) is 7.47. The van der Waals surface area contributed by atoms with E-state index in [1.165, 1.54) is 34.9 Å². The molecule has 118 valence electrons. The van der Waals surface area contributed by atoms with Crippen molar-refractivity contribution in [2.24, 2.45) is 0 Å². The van der Waals surface area contributed by atoms with Gasteiger partial charge >= 0.3 is 0 Å². The number of hydrogen-bond donors (Lipinski definition) is 1. The molecule has 0 radical (unpaired) electrons. The molecule has 0 aliphatic heterocycles. The maximum absolute atomic E-state index is 14.3. The average molecular weight is 333 g/mol. The number of nitrogens with zero attached hydrogens (tertiary/aromatic N) is 2. The van der Waals surface area contributed by atoms with Gasteiger partial charge in [0.25, 0.3) is 5.56 Å². The van der Waals surface area contributed by atoms with Crippen LogP contribution in [0.25, 0.3) is 16.6 Å². The Hall–Kier alpha value is -2.40. The van der Waals surface area contributed by atoms with Gasteiger partial charge in [0, 0.05) is 17.0 Å². The van der Waals surface area contributed by atoms with Crippen LogP contribution in [-0.4, -0.2) is 14.7 Å². The summed E-state index contributed by atoms with van der Waals surface area (Å²) in [5.41, 5.74) is 0.0924. The zero-order valence-corrected chi connectivity index (χ0v) is 13.3. The van der Waals surface area contributed by atoms with Crippen molar-refractivity contribution in [2.75, 3.05) is 0 Å². The van der Waals surface area contributed by atoms with Gasteiger partial charge in [0.15, 0.2) is 0 Å². The second-order valence-corrected chi connectivity index (χ2v) is 6.00. The van der Waals surface area contributed by atoms with Crippen molar-refractivity contribution >= 4 is 22.5 Å². The summed E-state index contributed by atoms with van der Waals surface area (Å²) < 4.78 is 15.6. The second-order valence-electron chi connectivity index (χ2n) is 5.56. The topological polar surface area (TPSA) is 55.1 Å². The van der Waals surface area contributed by atoms with Crippen molar-refractivity contribution in [2.45, 2.75) is 19.8 Å². The number of aromatic hydroxyl groups is 1. The summed E-state index contributed by atoms with van der Waals surface area (Å²) in [4.78, 5) is 17.3. The number of benzene rings is 2. The monoisotopic (exact) mass is 332 g/mol. The summed E-state index contributed by atoms with van der Waals surface area (Å²) in [5.74, 6) is -0.283. The van der Waals surface area contributed by atoms with Gasteiger partial charge in [0.05, 0.1) is 16.6 Å². The minimum absolute atomic E-state index is 0.0227. The molecule has 0 atom stereocenters. The van der Waals surface area contributed by atoms with Gasteiger partial charge in [-0.25, -0.2) is 9.37 Å². The van der Waals surface area contributed by atoms with E-state index in [4.69, 9.17) is 11.6 Å². The van der Waals surface area contributed by atoms with E-state index in [0.717, 1.165) is 6.07 Å². The van der Waals surface area contributed by atoms with Crippen LogP contribution in [0.15, 0.2) is 41.2 Å². The molecular formula is C17H14ClFN2O2. The number of fused-ring (bicyclic) bond motifs is 1. The van der Waals surface area contributed by atoms with E-state index in [0.29, 0.717) is 16.7 Å². The van der Waals surface area contributed by atoms with Crippen molar-refractivity contribution in [3.05, 3.63) is 63.4 Å². The molecule has 4 nitrogen and oxygen atoms in total. The molecule has 0 aliphatic rings. The summed E-state index contributed by atoms with van der Waals surface area (Å²) >= 11 is 5.79. The third-order valence-corrected chi connectivity index (χ3v) is 3.78. The van der Waals surface area contributed by atoms with Crippen LogP contribution >= 0.6 is 11.6 Å². The molecule has 3 rings (SSSR count). The maximum atomic E-state index is 14.3. The number of rotatable bonds is 2. The summed E-state index contributed by atoms with van der Waals surface area (Å²) in [6.07, 6.45) is 0. The molecule has 1 heterocycles. The van der Waals surface area contributed by atoms with Crippen molar-refractivity contribution < 1.29 is 9.50 Å². The minimum atomic E-state index is -0.596. The average Bonchev–Trinajstić information content (AvgIpc) is 2.47. The third kappa shape index (κ3) is 2.68. The zero-order valence-electron chi connectivity index (χ0n) is 12.5. The molecule has 0 amide bonds. The van der Waals surface area contributed by atoms with Crippen LogP contribution in [0.3, 0.4) is 0 Å². The van der Waals surface area contributed by atoms with Gasteiger partial charge in [0.2, 0.25) is 0 Å². The van der Waals surface area contributed by atoms with Crippen LogP contribution in [0.4, 0.5) is 4.39 Å². The number of aromatic nitrogens is 2. The Balaban J connectivity index is 2.43. The summed E-state index contributed by atoms with van der Waals surface area (Å²) in [5, 5.41) is 10.1. The van der Waals surface area contributed by atoms with Gasteiger partial charge in [-0.3, -0.25) is 9.36 Å². The standard InChI is InChI=1S/C17H14ClFN2O2/c1-9(2)16-20-14-8-11(22)4-5-12(14)17(23)21(16)15-6-3-10(18)7-13(15)19/h3-9,22H,1-2H3. The van der Waals surface area contributed by atoms with E-state index in [9.17, 15) is 14.3 Å².